The van der Waals surface area contributed by atoms with Crippen molar-refractivity contribution in [1.82, 2.24) is 14.8 Å². The van der Waals surface area contributed by atoms with Gasteiger partial charge in [-0.15, -0.1) is 0 Å². The maximum atomic E-state index is 11.0. The zero-order valence-electron chi connectivity index (χ0n) is 16.5. The molecule has 2 heterocycles. The number of nitro groups is 1. The number of nitro benzene ring substituents is 1. The van der Waals surface area contributed by atoms with Gasteiger partial charge in [-0.2, -0.15) is 0 Å². The Bertz CT molecular complexity index is 998. The van der Waals surface area contributed by atoms with Crippen molar-refractivity contribution in [2.75, 3.05) is 38.0 Å². The van der Waals surface area contributed by atoms with E-state index < -0.39 is 0 Å². The highest BCUT2D eigenvalue weighted by Gasteiger charge is 2.17. The molecule has 3 aromatic rings. The van der Waals surface area contributed by atoms with Gasteiger partial charge in [0, 0.05) is 51.4 Å². The van der Waals surface area contributed by atoms with Gasteiger partial charge < -0.3 is 10.2 Å². The van der Waals surface area contributed by atoms with Crippen LogP contribution in [0.15, 0.2) is 42.5 Å². The summed E-state index contributed by atoms with van der Waals surface area (Å²) in [7, 11) is 0. The third-order valence-corrected chi connectivity index (χ3v) is 6.41. The fourth-order valence-electron chi connectivity index (χ4n) is 3.66. The summed E-state index contributed by atoms with van der Waals surface area (Å²) in [5.41, 5.74) is 3.48. The van der Waals surface area contributed by atoms with Crippen LogP contribution in [0.3, 0.4) is 0 Å². The van der Waals surface area contributed by atoms with E-state index >= 15 is 0 Å². The average Bonchev–Trinajstić information content (AvgIpc) is 3.16. The number of rotatable bonds is 7. The van der Waals surface area contributed by atoms with E-state index in [1.54, 1.807) is 12.1 Å². The van der Waals surface area contributed by atoms with E-state index in [1.165, 1.54) is 28.5 Å². The Balaban J connectivity index is 1.42. The number of hydrogen-bond donors (Lipinski definition) is 1. The molecule has 29 heavy (non-hydrogen) atoms. The van der Waals surface area contributed by atoms with E-state index in [1.807, 2.05) is 0 Å². The molecule has 7 nitrogen and oxygen atoms in total. The Kier molecular flexibility index (Phi) is 6.03. The molecule has 0 amide bonds. The number of non-ortho nitro benzene ring substituents is 1. The second-order valence-electron chi connectivity index (χ2n) is 7.26. The Hall–Kier alpha value is -2.55. The van der Waals surface area contributed by atoms with E-state index in [2.05, 4.69) is 51.3 Å². The van der Waals surface area contributed by atoms with Gasteiger partial charge >= 0.3 is 0 Å². The van der Waals surface area contributed by atoms with Crippen LogP contribution in [0.4, 0.5) is 10.8 Å². The van der Waals surface area contributed by atoms with Gasteiger partial charge in [-0.25, -0.2) is 4.98 Å². The molecule has 1 aromatic heterocycles. The highest BCUT2D eigenvalue weighted by Crippen LogP contribution is 2.29. The van der Waals surface area contributed by atoms with Crippen LogP contribution in [0.25, 0.3) is 10.2 Å². The first-order valence-electron chi connectivity index (χ1n) is 9.92. The number of nitrogens with one attached hydrogen (secondary N) is 1. The molecule has 0 spiro atoms. The number of piperazine rings is 1. The van der Waals surface area contributed by atoms with Gasteiger partial charge in [0.2, 0.25) is 0 Å². The van der Waals surface area contributed by atoms with Crippen molar-refractivity contribution in [3.63, 3.8) is 0 Å². The largest absolute Gasteiger partial charge is 0.357 e. The van der Waals surface area contributed by atoms with Gasteiger partial charge in [-0.1, -0.05) is 42.5 Å². The zero-order valence-corrected chi connectivity index (χ0v) is 17.3. The second kappa shape index (κ2) is 8.86. The van der Waals surface area contributed by atoms with Gasteiger partial charge in [0.25, 0.3) is 5.69 Å². The fourth-order valence-corrected chi connectivity index (χ4v) is 4.56. The Labute approximate surface area is 174 Å². The summed E-state index contributed by atoms with van der Waals surface area (Å²) in [5.74, 6) is 0. The molecule has 0 aliphatic carbocycles. The van der Waals surface area contributed by atoms with Crippen molar-refractivity contribution in [3.8, 4) is 0 Å². The van der Waals surface area contributed by atoms with E-state index in [4.69, 9.17) is 0 Å². The summed E-state index contributed by atoms with van der Waals surface area (Å²) in [6.45, 7) is 9.47. The van der Waals surface area contributed by atoms with Crippen LogP contribution in [-0.2, 0) is 13.1 Å². The van der Waals surface area contributed by atoms with Crippen LogP contribution in [0, 0.1) is 10.1 Å². The quantitative estimate of drug-likeness (QED) is 0.469. The van der Waals surface area contributed by atoms with Crippen molar-refractivity contribution in [1.29, 1.82) is 0 Å². The molecule has 4 rings (SSSR count). The van der Waals surface area contributed by atoms with E-state index in [0.717, 1.165) is 54.6 Å². The van der Waals surface area contributed by atoms with Gasteiger partial charge in [-0.3, -0.25) is 15.0 Å². The minimum absolute atomic E-state index is 0.0983. The number of hydrogen-bond acceptors (Lipinski definition) is 7. The fraction of sp³-hybridized carbons (Fsp3) is 0.381. The number of likely N-dealkylation sites (N-methyl/N-ethyl adjacent to an activating group) is 1. The summed E-state index contributed by atoms with van der Waals surface area (Å²) < 4.78 is 0.823. The molecule has 0 unspecified atom stereocenters. The van der Waals surface area contributed by atoms with Gasteiger partial charge in [0.15, 0.2) is 5.13 Å². The molecular weight excluding hydrogens is 386 g/mol. The molecule has 0 bridgehead atoms. The molecule has 8 heteroatoms. The smallest absolute Gasteiger partial charge is 0.270 e. The monoisotopic (exact) mass is 411 g/mol. The second-order valence-corrected chi connectivity index (χ2v) is 8.29. The minimum Gasteiger partial charge on any atom is -0.357 e. The Morgan fingerprint density at radius 1 is 1.10 bits per heavy atom. The summed E-state index contributed by atoms with van der Waals surface area (Å²) in [4.78, 5) is 20.2. The molecular formula is C21H25N5O2S. The lowest BCUT2D eigenvalue weighted by molar-refractivity contribution is -0.384. The van der Waals surface area contributed by atoms with E-state index in [9.17, 15) is 10.1 Å². The lowest BCUT2D eigenvalue weighted by Crippen LogP contribution is -2.45. The first kappa shape index (κ1) is 19.8. The van der Waals surface area contributed by atoms with Crippen molar-refractivity contribution in [3.05, 3.63) is 63.7 Å². The first-order valence-corrected chi connectivity index (χ1v) is 10.7. The molecule has 0 saturated carbocycles. The SMILES string of the molecule is CCN1CCN(Cc2ccccc2CNc2nc3ccc([N+](=O)[O-])cc3s2)CC1. The maximum Gasteiger partial charge on any atom is 0.270 e. The Morgan fingerprint density at radius 3 is 2.55 bits per heavy atom. The standard InChI is InChI=1S/C21H25N5O2S/c1-2-24-9-11-25(12-10-24)15-17-6-4-3-5-16(17)14-22-21-23-19-8-7-18(26(27)28)13-20(19)29-21/h3-8,13H,2,9-12,14-15H2,1H3,(H,22,23). The lowest BCUT2D eigenvalue weighted by Gasteiger charge is -2.34. The Morgan fingerprint density at radius 2 is 1.83 bits per heavy atom. The molecule has 1 fully saturated rings. The van der Waals surface area contributed by atoms with Crippen LogP contribution in [0.2, 0.25) is 0 Å². The van der Waals surface area contributed by atoms with E-state index in [-0.39, 0.29) is 10.6 Å². The molecule has 152 valence electrons. The average molecular weight is 412 g/mol. The maximum absolute atomic E-state index is 11.0. The van der Waals surface area contributed by atoms with Crippen molar-refractivity contribution >= 4 is 32.4 Å². The van der Waals surface area contributed by atoms with Crippen molar-refractivity contribution < 1.29 is 4.92 Å². The molecule has 0 atom stereocenters. The van der Waals surface area contributed by atoms with Crippen molar-refractivity contribution in [2.24, 2.45) is 0 Å². The number of thiazole rings is 1. The summed E-state index contributed by atoms with van der Waals surface area (Å²) in [6.07, 6.45) is 0. The topological polar surface area (TPSA) is 74.5 Å². The van der Waals surface area contributed by atoms with Crippen LogP contribution < -0.4 is 5.32 Å². The highest BCUT2D eigenvalue weighted by molar-refractivity contribution is 7.22. The zero-order chi connectivity index (χ0) is 20.2. The third kappa shape index (κ3) is 4.72. The summed E-state index contributed by atoms with van der Waals surface area (Å²) >= 11 is 1.45. The van der Waals surface area contributed by atoms with Crippen LogP contribution in [-0.4, -0.2) is 52.4 Å². The van der Waals surface area contributed by atoms with Gasteiger partial charge in [0.05, 0.1) is 15.1 Å². The van der Waals surface area contributed by atoms with Gasteiger partial charge in [0.1, 0.15) is 0 Å². The highest BCUT2D eigenvalue weighted by atomic mass is 32.1. The normalized spacial score (nSPS) is 15.6. The molecule has 2 aromatic carbocycles. The van der Waals surface area contributed by atoms with Crippen LogP contribution >= 0.6 is 11.3 Å². The predicted octanol–water partition coefficient (Wildman–Crippen LogP) is 3.95. The third-order valence-electron chi connectivity index (χ3n) is 5.44. The molecule has 1 aliphatic heterocycles. The number of fused-ring (bicyclic) bond motifs is 1. The van der Waals surface area contributed by atoms with Crippen LogP contribution in [0.1, 0.15) is 18.1 Å². The molecule has 1 saturated heterocycles. The summed E-state index contributed by atoms with van der Waals surface area (Å²) in [5, 5.41) is 15.2. The number of anilines is 1. The molecule has 1 N–H and O–H groups in total. The van der Waals surface area contributed by atoms with Gasteiger partial charge in [-0.05, 0) is 23.7 Å². The lowest BCUT2D eigenvalue weighted by atomic mass is 10.1. The number of benzene rings is 2. The minimum atomic E-state index is -0.372. The summed E-state index contributed by atoms with van der Waals surface area (Å²) in [6, 6.07) is 13.3. The first-order chi connectivity index (χ1) is 14.1. The van der Waals surface area contributed by atoms with Crippen LogP contribution in [0.5, 0.6) is 0 Å². The number of nitrogens with zero attached hydrogens (tertiary/aromatic N) is 4. The molecule has 1 aliphatic rings. The predicted molar refractivity (Wildman–Crippen MR) is 117 cm³/mol. The molecule has 0 radical (unpaired) electrons. The van der Waals surface area contributed by atoms with Crippen molar-refractivity contribution in [2.45, 2.75) is 20.0 Å². The van der Waals surface area contributed by atoms with E-state index in [0.29, 0.717) is 6.54 Å². The number of aromatic nitrogens is 1.